The number of carbonyl (C=O) groups excluding carboxylic acids is 2. The molecule has 0 bridgehead atoms. The van der Waals surface area contributed by atoms with E-state index in [-0.39, 0.29) is 24.0 Å². The molecule has 1 fully saturated rings. The molecule has 2 atom stereocenters. The lowest BCUT2D eigenvalue weighted by molar-refractivity contribution is -0.559. The average molecular weight is 305 g/mol. The van der Waals surface area contributed by atoms with Gasteiger partial charge in [-0.25, -0.2) is 9.37 Å². The normalized spacial score (nSPS) is 28.2. The highest BCUT2D eigenvalue weighted by Crippen LogP contribution is 2.25. The molecule has 0 radical (unpaired) electrons. The van der Waals surface area contributed by atoms with Crippen LogP contribution in [0.2, 0.25) is 0 Å². The largest absolute Gasteiger partial charge is 0.417 e. The van der Waals surface area contributed by atoms with Crippen LogP contribution in [0.1, 0.15) is 27.7 Å². The molecule has 8 heteroatoms. The van der Waals surface area contributed by atoms with Gasteiger partial charge in [-0.2, -0.15) is 0 Å². The van der Waals surface area contributed by atoms with Gasteiger partial charge in [0.1, 0.15) is 6.04 Å². The second-order valence-electron chi connectivity index (χ2n) is 6.17. The van der Waals surface area contributed by atoms with Crippen LogP contribution in [0.5, 0.6) is 0 Å². The molecule has 8 nitrogen and oxygen atoms in total. The van der Waals surface area contributed by atoms with Crippen molar-refractivity contribution in [1.82, 2.24) is 14.8 Å². The number of hydrogen-bond donors (Lipinski definition) is 0. The quantitative estimate of drug-likeness (QED) is 0.647. The van der Waals surface area contributed by atoms with E-state index in [0.717, 1.165) is 10.6 Å². The van der Waals surface area contributed by atoms with Crippen LogP contribution in [0.25, 0.3) is 0 Å². The maximum Gasteiger partial charge on any atom is 0.417 e. The lowest BCUT2D eigenvalue weighted by Gasteiger charge is -2.34. The van der Waals surface area contributed by atoms with Crippen molar-refractivity contribution in [2.45, 2.75) is 45.8 Å². The fourth-order valence-electron chi connectivity index (χ4n) is 2.96. The smallest absolute Gasteiger partial charge is 0.270 e. The SMILES string of the molecule is CC1=NN(C(C)C)C2=[N+](C1C)C1C(=O)N(C)C(=O)N(C)C1=N2. The number of fused-ring (bicyclic) bond motifs is 2. The van der Waals surface area contributed by atoms with Gasteiger partial charge in [0.05, 0.1) is 11.8 Å². The Kier molecular flexibility index (Phi) is 3.08. The molecule has 118 valence electrons. The van der Waals surface area contributed by atoms with Gasteiger partial charge in [-0.05, 0) is 27.7 Å². The monoisotopic (exact) mass is 305 g/mol. The van der Waals surface area contributed by atoms with Gasteiger partial charge in [0, 0.05) is 14.1 Å². The van der Waals surface area contributed by atoms with E-state index in [9.17, 15) is 9.59 Å². The Morgan fingerprint density at radius 1 is 1.18 bits per heavy atom. The maximum absolute atomic E-state index is 12.6. The Bertz CT molecular complexity index is 662. The molecule has 3 amide bonds. The lowest BCUT2D eigenvalue weighted by Crippen LogP contribution is -2.63. The number of hydrogen-bond acceptors (Lipinski definition) is 5. The zero-order chi connectivity index (χ0) is 16.3. The van der Waals surface area contributed by atoms with Crippen LogP contribution < -0.4 is 0 Å². The van der Waals surface area contributed by atoms with Crippen LogP contribution in [0.3, 0.4) is 0 Å². The summed E-state index contributed by atoms with van der Waals surface area (Å²) in [6, 6.07) is -0.861. The van der Waals surface area contributed by atoms with Gasteiger partial charge < -0.3 is 0 Å². The minimum Gasteiger partial charge on any atom is -0.270 e. The summed E-state index contributed by atoms with van der Waals surface area (Å²) in [6.07, 6.45) is 0. The average Bonchev–Trinajstić information content (AvgIpc) is 2.87. The van der Waals surface area contributed by atoms with Crippen molar-refractivity contribution < 1.29 is 14.2 Å². The van der Waals surface area contributed by atoms with Gasteiger partial charge in [0.25, 0.3) is 5.91 Å². The molecule has 1 saturated heterocycles. The van der Waals surface area contributed by atoms with E-state index in [1.54, 1.807) is 7.05 Å². The summed E-state index contributed by atoms with van der Waals surface area (Å²) >= 11 is 0. The first kappa shape index (κ1) is 14.7. The number of hydrazone groups is 1. The number of nitrogens with zero attached hydrogens (tertiary/aromatic N) is 6. The van der Waals surface area contributed by atoms with Crippen molar-refractivity contribution in [3.8, 4) is 0 Å². The molecule has 3 aliphatic rings. The van der Waals surface area contributed by atoms with Crippen LogP contribution in [0.4, 0.5) is 4.79 Å². The van der Waals surface area contributed by atoms with Crippen molar-refractivity contribution in [2.24, 2.45) is 10.1 Å². The number of aliphatic imine (C=N–C) groups is 1. The molecule has 0 N–H and O–H groups in total. The molecule has 3 heterocycles. The van der Waals surface area contributed by atoms with E-state index in [1.165, 1.54) is 11.9 Å². The highest BCUT2D eigenvalue weighted by molar-refractivity contribution is 6.23. The summed E-state index contributed by atoms with van der Waals surface area (Å²) in [5, 5.41) is 6.40. The molecule has 0 spiro atoms. The number of rotatable bonds is 1. The first-order valence-corrected chi connectivity index (χ1v) is 7.39. The third-order valence-corrected chi connectivity index (χ3v) is 4.43. The van der Waals surface area contributed by atoms with Crippen LogP contribution >= 0.6 is 0 Å². The minimum atomic E-state index is -0.565. The number of amidine groups is 1. The van der Waals surface area contributed by atoms with Gasteiger partial charge >= 0.3 is 12.0 Å². The molecule has 0 aromatic rings. The van der Waals surface area contributed by atoms with Gasteiger partial charge in [-0.15, -0.1) is 10.1 Å². The molecule has 0 aliphatic carbocycles. The van der Waals surface area contributed by atoms with E-state index < -0.39 is 6.04 Å². The number of guanidine groups is 1. The van der Waals surface area contributed by atoms with Crippen molar-refractivity contribution in [3.05, 3.63) is 0 Å². The number of carbonyl (C=O) groups is 2. The minimum absolute atomic E-state index is 0.0461. The maximum atomic E-state index is 12.6. The molecule has 3 aliphatic heterocycles. The van der Waals surface area contributed by atoms with E-state index in [1.807, 2.05) is 37.3 Å². The van der Waals surface area contributed by atoms with Crippen LogP contribution in [-0.2, 0) is 4.79 Å². The molecule has 22 heavy (non-hydrogen) atoms. The topological polar surface area (TPSA) is 71.6 Å². The Hall–Kier alpha value is -2.25. The van der Waals surface area contributed by atoms with Crippen LogP contribution in [0, 0.1) is 0 Å². The molecule has 2 unspecified atom stereocenters. The fraction of sp³-hybridized carbons (Fsp3) is 0.643. The van der Waals surface area contributed by atoms with Crippen molar-refractivity contribution in [1.29, 1.82) is 0 Å². The van der Waals surface area contributed by atoms with Crippen LogP contribution in [-0.4, -0.2) is 81.1 Å². The number of likely N-dealkylation sites (N-methyl/N-ethyl adjacent to an activating group) is 2. The summed E-state index contributed by atoms with van der Waals surface area (Å²) < 4.78 is 1.96. The first-order valence-electron chi connectivity index (χ1n) is 7.39. The summed E-state index contributed by atoms with van der Waals surface area (Å²) in [7, 11) is 3.15. The Balaban J connectivity index is 2.14. The molecular formula is C14H21N6O2+. The molecule has 0 saturated carbocycles. The molecule has 3 rings (SSSR count). The Morgan fingerprint density at radius 2 is 1.82 bits per heavy atom. The Morgan fingerprint density at radius 3 is 2.41 bits per heavy atom. The standard InChI is InChI=1S/C14H21N6O2/c1-7(2)20-13-15-11-10(19(13)9(4)8(3)16-20)12(21)18(6)14(22)17(11)5/h7,9-10H,1-6H3/q+1. The summed E-state index contributed by atoms with van der Waals surface area (Å²) in [4.78, 5) is 31.9. The van der Waals surface area contributed by atoms with Crippen molar-refractivity contribution in [2.75, 3.05) is 14.1 Å². The number of amides is 3. The predicted octanol–water partition coefficient (Wildman–Crippen LogP) is 0.148. The van der Waals surface area contributed by atoms with E-state index >= 15 is 0 Å². The van der Waals surface area contributed by atoms with Crippen molar-refractivity contribution >= 4 is 29.4 Å². The van der Waals surface area contributed by atoms with E-state index in [4.69, 9.17) is 0 Å². The van der Waals surface area contributed by atoms with E-state index in [0.29, 0.717) is 11.8 Å². The lowest BCUT2D eigenvalue weighted by atomic mass is 10.1. The fourth-order valence-corrected chi connectivity index (χ4v) is 2.96. The second kappa shape index (κ2) is 4.62. The number of imide groups is 1. The molecule has 0 aromatic heterocycles. The molecular weight excluding hydrogens is 284 g/mol. The predicted molar refractivity (Wildman–Crippen MR) is 82.0 cm³/mol. The second-order valence-corrected chi connectivity index (χ2v) is 6.17. The third-order valence-electron chi connectivity index (χ3n) is 4.43. The van der Waals surface area contributed by atoms with Gasteiger partial charge in [-0.3, -0.25) is 14.6 Å². The highest BCUT2D eigenvalue weighted by atomic mass is 16.2. The van der Waals surface area contributed by atoms with E-state index in [2.05, 4.69) is 10.1 Å². The Labute approximate surface area is 129 Å². The summed E-state index contributed by atoms with van der Waals surface area (Å²) in [5.41, 5.74) is 0.920. The number of urea groups is 1. The summed E-state index contributed by atoms with van der Waals surface area (Å²) in [5.74, 6) is 0.865. The summed E-state index contributed by atoms with van der Waals surface area (Å²) in [6.45, 7) is 7.98. The van der Waals surface area contributed by atoms with Gasteiger partial charge in [-0.1, -0.05) is 4.99 Å². The van der Waals surface area contributed by atoms with Gasteiger partial charge in [0.15, 0.2) is 0 Å². The molecule has 0 aromatic carbocycles. The third kappa shape index (κ3) is 1.72. The zero-order valence-electron chi connectivity index (χ0n) is 13.7. The zero-order valence-corrected chi connectivity index (χ0v) is 13.7. The highest BCUT2D eigenvalue weighted by Gasteiger charge is 2.55. The van der Waals surface area contributed by atoms with Crippen molar-refractivity contribution in [3.63, 3.8) is 0 Å². The first-order chi connectivity index (χ1) is 10.3. The van der Waals surface area contributed by atoms with Crippen LogP contribution in [0.15, 0.2) is 10.1 Å². The van der Waals surface area contributed by atoms with Gasteiger partial charge in [0.2, 0.25) is 11.9 Å².